The van der Waals surface area contributed by atoms with E-state index in [-0.39, 0.29) is 0 Å². The topological polar surface area (TPSA) is 12.0 Å². The average molecular weight is 291 g/mol. The fraction of sp³-hybridized carbons (Fsp3) is 0.333. The maximum absolute atomic E-state index is 3.20. The summed E-state index contributed by atoms with van der Waals surface area (Å²) in [6, 6.07) is 24.2. The molecule has 2 aromatic carbocycles. The van der Waals surface area contributed by atoms with E-state index >= 15 is 0 Å². The van der Waals surface area contributed by atoms with E-state index in [1.54, 1.807) is 0 Å². The second kappa shape index (κ2) is 10.5. The fourth-order valence-electron chi connectivity index (χ4n) is 2.41. The van der Waals surface area contributed by atoms with Crippen molar-refractivity contribution < 1.29 is 0 Å². The van der Waals surface area contributed by atoms with Gasteiger partial charge in [0.15, 0.2) is 0 Å². The summed E-state index contributed by atoms with van der Waals surface area (Å²) in [6.45, 7) is 0.824. The number of hydrogen-bond acceptors (Lipinski definition) is 1. The zero-order chi connectivity index (χ0) is 15.3. The summed E-state index contributed by atoms with van der Waals surface area (Å²) >= 11 is 0. The highest BCUT2D eigenvalue weighted by atomic mass is 14.8. The Balaban J connectivity index is 1.45. The van der Waals surface area contributed by atoms with E-state index in [2.05, 4.69) is 71.9 Å². The van der Waals surface area contributed by atoms with Gasteiger partial charge in [0.2, 0.25) is 0 Å². The summed E-state index contributed by atoms with van der Waals surface area (Å²) in [5.41, 5.74) is 2.73. The molecule has 0 unspecified atom stereocenters. The van der Waals surface area contributed by atoms with Crippen LogP contribution in [-0.4, -0.2) is 0 Å². The molecule has 0 saturated heterocycles. The number of hydrogen-bond donors (Lipinski definition) is 1. The molecular formula is C21H25N. The van der Waals surface area contributed by atoms with Crippen molar-refractivity contribution in [3.05, 3.63) is 71.8 Å². The number of aryl methyl sites for hydroxylation is 1. The van der Waals surface area contributed by atoms with Gasteiger partial charge in [0, 0.05) is 19.0 Å². The van der Waals surface area contributed by atoms with E-state index in [0.29, 0.717) is 0 Å². The van der Waals surface area contributed by atoms with Crippen molar-refractivity contribution in [1.82, 2.24) is 5.32 Å². The summed E-state index contributed by atoms with van der Waals surface area (Å²) in [4.78, 5) is 0. The van der Waals surface area contributed by atoms with Crippen LogP contribution >= 0.6 is 0 Å². The molecule has 2 aromatic rings. The Kier molecular flexibility index (Phi) is 7.73. The lowest BCUT2D eigenvalue weighted by atomic mass is 10.1. The highest BCUT2D eigenvalue weighted by molar-refractivity contribution is 5.15. The van der Waals surface area contributed by atoms with Gasteiger partial charge in [0.05, 0.1) is 0 Å². The minimum atomic E-state index is 0.824. The van der Waals surface area contributed by atoms with Crippen molar-refractivity contribution in [3.8, 4) is 12.0 Å². The van der Waals surface area contributed by atoms with Gasteiger partial charge in [0.25, 0.3) is 0 Å². The third kappa shape index (κ3) is 6.99. The summed E-state index contributed by atoms with van der Waals surface area (Å²) < 4.78 is 0. The molecule has 1 nitrogen and oxygen atoms in total. The maximum Gasteiger partial charge on any atom is 0.0480 e. The number of unbranched alkanes of at least 4 members (excludes halogenated alkanes) is 4. The maximum atomic E-state index is 3.20. The minimum Gasteiger partial charge on any atom is -0.341 e. The molecule has 0 bridgehead atoms. The molecule has 114 valence electrons. The minimum absolute atomic E-state index is 0.824. The standard InChI is InChI=1S/C21H25N/c1(3-7-13-20-14-8-5-9-15-20)2-4-12-18-22-19-21-16-10-6-11-17-21/h5-6,8-11,14-17,22H,1-4,7,13,19H2. The van der Waals surface area contributed by atoms with Gasteiger partial charge in [-0.15, -0.1) is 0 Å². The lowest BCUT2D eigenvalue weighted by Gasteiger charge is -2.00. The Bertz CT molecular complexity index is 563. The normalized spacial score (nSPS) is 9.82. The van der Waals surface area contributed by atoms with Crippen molar-refractivity contribution in [3.63, 3.8) is 0 Å². The first kappa shape index (κ1) is 16.2. The van der Waals surface area contributed by atoms with Gasteiger partial charge in [-0.2, -0.15) is 0 Å². The van der Waals surface area contributed by atoms with E-state index in [1.165, 1.54) is 43.2 Å². The zero-order valence-corrected chi connectivity index (χ0v) is 13.2. The summed E-state index contributed by atoms with van der Waals surface area (Å²) in [5, 5.41) is 3.16. The van der Waals surface area contributed by atoms with Crippen LogP contribution in [0.2, 0.25) is 0 Å². The Morgan fingerprint density at radius 1 is 0.682 bits per heavy atom. The third-order valence-corrected chi connectivity index (χ3v) is 3.67. The van der Waals surface area contributed by atoms with E-state index in [1.807, 2.05) is 6.07 Å². The van der Waals surface area contributed by atoms with E-state index in [9.17, 15) is 0 Å². The van der Waals surface area contributed by atoms with Gasteiger partial charge in [-0.3, -0.25) is 0 Å². The Morgan fingerprint density at radius 2 is 1.32 bits per heavy atom. The third-order valence-electron chi connectivity index (χ3n) is 3.67. The number of rotatable bonds is 8. The first-order valence-corrected chi connectivity index (χ1v) is 8.24. The van der Waals surface area contributed by atoms with Gasteiger partial charge >= 0.3 is 0 Å². The van der Waals surface area contributed by atoms with Gasteiger partial charge in [-0.05, 0) is 30.4 Å². The van der Waals surface area contributed by atoms with Crippen molar-refractivity contribution >= 4 is 0 Å². The second-order valence-corrected chi connectivity index (χ2v) is 5.54. The summed E-state index contributed by atoms with van der Waals surface area (Å²) in [7, 11) is 0. The molecule has 0 aromatic heterocycles. The predicted octanol–water partition coefficient (Wildman–Crippen LogP) is 4.93. The molecule has 0 spiro atoms. The van der Waals surface area contributed by atoms with E-state index in [4.69, 9.17) is 0 Å². The Hall–Kier alpha value is -2.20. The molecule has 1 N–H and O–H groups in total. The van der Waals surface area contributed by atoms with Crippen LogP contribution < -0.4 is 5.32 Å². The first-order valence-electron chi connectivity index (χ1n) is 8.24. The van der Waals surface area contributed by atoms with Crippen molar-refractivity contribution in [2.45, 2.75) is 45.1 Å². The van der Waals surface area contributed by atoms with Crippen LogP contribution in [0.1, 0.15) is 43.2 Å². The van der Waals surface area contributed by atoms with Crippen molar-refractivity contribution in [2.24, 2.45) is 0 Å². The van der Waals surface area contributed by atoms with Crippen LogP contribution in [0.5, 0.6) is 0 Å². The number of benzene rings is 2. The SMILES string of the molecule is C(#CNCc1ccccc1)CCCCCCc1ccccc1. The molecule has 0 radical (unpaired) electrons. The smallest absolute Gasteiger partial charge is 0.0480 e. The van der Waals surface area contributed by atoms with Crippen molar-refractivity contribution in [1.29, 1.82) is 0 Å². The first-order chi connectivity index (χ1) is 10.9. The molecule has 1 heteroatoms. The average Bonchev–Trinajstić information content (AvgIpc) is 2.58. The molecule has 0 aliphatic heterocycles. The van der Waals surface area contributed by atoms with Crippen LogP contribution in [0.15, 0.2) is 60.7 Å². The van der Waals surface area contributed by atoms with Crippen molar-refractivity contribution in [2.75, 3.05) is 0 Å². The van der Waals surface area contributed by atoms with E-state index in [0.717, 1.165) is 13.0 Å². The lowest BCUT2D eigenvalue weighted by Crippen LogP contribution is -2.04. The van der Waals surface area contributed by atoms with E-state index < -0.39 is 0 Å². The molecule has 0 aliphatic rings. The molecule has 0 atom stereocenters. The van der Waals surface area contributed by atoms with Crippen LogP contribution in [0.4, 0.5) is 0 Å². The molecule has 0 fully saturated rings. The van der Waals surface area contributed by atoms with Gasteiger partial charge in [-0.25, -0.2) is 0 Å². The quantitative estimate of drug-likeness (QED) is 0.413. The second-order valence-electron chi connectivity index (χ2n) is 5.54. The summed E-state index contributed by atoms with van der Waals surface area (Å²) in [6.07, 6.45) is 7.25. The van der Waals surface area contributed by atoms with Crippen LogP contribution in [-0.2, 0) is 13.0 Å². The molecule has 0 heterocycles. The van der Waals surface area contributed by atoms with Crippen LogP contribution in [0.3, 0.4) is 0 Å². The Labute approximate surface area is 134 Å². The van der Waals surface area contributed by atoms with Gasteiger partial charge in [-0.1, -0.05) is 79.4 Å². The van der Waals surface area contributed by atoms with Crippen LogP contribution in [0.25, 0.3) is 0 Å². The predicted molar refractivity (Wildman–Crippen MR) is 94.3 cm³/mol. The largest absolute Gasteiger partial charge is 0.341 e. The monoisotopic (exact) mass is 291 g/mol. The fourth-order valence-corrected chi connectivity index (χ4v) is 2.41. The number of nitrogens with one attached hydrogen (secondary N) is 1. The highest BCUT2D eigenvalue weighted by Gasteiger charge is 1.92. The molecule has 0 aliphatic carbocycles. The highest BCUT2D eigenvalue weighted by Crippen LogP contribution is 2.08. The Morgan fingerprint density at radius 3 is 2.05 bits per heavy atom. The summed E-state index contributed by atoms with van der Waals surface area (Å²) in [5.74, 6) is 3.20. The lowest BCUT2D eigenvalue weighted by molar-refractivity contribution is 0.650. The molecule has 0 saturated carbocycles. The van der Waals surface area contributed by atoms with Gasteiger partial charge < -0.3 is 5.32 Å². The molecule has 0 amide bonds. The van der Waals surface area contributed by atoms with Crippen LogP contribution in [0, 0.1) is 12.0 Å². The molecular weight excluding hydrogens is 266 g/mol. The van der Waals surface area contributed by atoms with Gasteiger partial charge in [0.1, 0.15) is 0 Å². The molecule has 2 rings (SSSR count). The molecule has 22 heavy (non-hydrogen) atoms. The zero-order valence-electron chi connectivity index (χ0n) is 13.2.